The van der Waals surface area contributed by atoms with Gasteiger partial charge in [-0.2, -0.15) is 5.26 Å². The Morgan fingerprint density at radius 3 is 2.71 bits per heavy atom. The van der Waals surface area contributed by atoms with E-state index in [1.807, 2.05) is 0 Å². The summed E-state index contributed by atoms with van der Waals surface area (Å²) >= 11 is 9.37. The van der Waals surface area contributed by atoms with Gasteiger partial charge in [-0.05, 0) is 29.8 Å². The molecule has 0 unspecified atom stereocenters. The molecule has 1 N–H and O–H groups in total. The van der Waals surface area contributed by atoms with Gasteiger partial charge in [-0.1, -0.05) is 27.5 Å². The van der Waals surface area contributed by atoms with Crippen molar-refractivity contribution in [3.8, 4) is 6.07 Å². The number of anilines is 1. The normalized spacial score (nSPS) is 9.95. The molecule has 106 valence electrons. The zero-order valence-electron chi connectivity index (χ0n) is 10.6. The minimum Gasteiger partial charge on any atom is -0.380 e. The van der Waals surface area contributed by atoms with Crippen LogP contribution in [0.15, 0.2) is 40.9 Å². The Labute approximate surface area is 134 Å². The van der Waals surface area contributed by atoms with Gasteiger partial charge < -0.3 is 5.32 Å². The molecule has 0 heterocycles. The highest BCUT2D eigenvalue weighted by Gasteiger charge is 2.10. The zero-order chi connectivity index (χ0) is 15.4. The average molecular weight is 367 g/mol. The van der Waals surface area contributed by atoms with E-state index >= 15 is 0 Å². The standard InChI is InChI=1S/C14H9BrClN3O2/c15-11-3-1-9(7-17)14(5-11)18-8-10-2-4-12(19(20)21)6-13(10)16/h1-6,18H,8H2. The third-order valence-corrected chi connectivity index (χ3v) is 3.66. The largest absolute Gasteiger partial charge is 0.380 e. The Balaban J connectivity index is 2.19. The van der Waals surface area contributed by atoms with Gasteiger partial charge in [-0.15, -0.1) is 0 Å². The number of benzene rings is 2. The summed E-state index contributed by atoms with van der Waals surface area (Å²) in [6.45, 7) is 0.363. The Hall–Kier alpha value is -2.10. The van der Waals surface area contributed by atoms with Crippen LogP contribution in [0.4, 0.5) is 11.4 Å². The van der Waals surface area contributed by atoms with E-state index < -0.39 is 4.92 Å². The molecule has 2 aromatic rings. The second-order valence-corrected chi connectivity index (χ2v) is 5.51. The summed E-state index contributed by atoms with van der Waals surface area (Å²) in [4.78, 5) is 10.2. The molecule has 0 atom stereocenters. The Morgan fingerprint density at radius 2 is 2.10 bits per heavy atom. The van der Waals surface area contributed by atoms with Crippen molar-refractivity contribution in [3.05, 3.63) is 67.1 Å². The van der Waals surface area contributed by atoms with Crippen molar-refractivity contribution >= 4 is 38.9 Å². The van der Waals surface area contributed by atoms with Crippen LogP contribution in [0.2, 0.25) is 5.02 Å². The number of nitrogens with zero attached hydrogens (tertiary/aromatic N) is 2. The van der Waals surface area contributed by atoms with Crippen molar-refractivity contribution in [1.29, 1.82) is 5.26 Å². The highest BCUT2D eigenvalue weighted by atomic mass is 79.9. The number of hydrogen-bond donors (Lipinski definition) is 1. The van der Waals surface area contributed by atoms with Crippen molar-refractivity contribution in [2.24, 2.45) is 0 Å². The van der Waals surface area contributed by atoms with Gasteiger partial charge in [0.1, 0.15) is 6.07 Å². The molecule has 0 spiro atoms. The summed E-state index contributed by atoms with van der Waals surface area (Å²) in [6.07, 6.45) is 0. The molecular weight excluding hydrogens is 358 g/mol. The van der Waals surface area contributed by atoms with Gasteiger partial charge in [0, 0.05) is 23.2 Å². The number of non-ortho nitro benzene ring substituents is 1. The molecule has 0 fully saturated rings. The van der Waals surface area contributed by atoms with Crippen LogP contribution in [-0.4, -0.2) is 4.92 Å². The first-order valence-corrected chi connectivity index (χ1v) is 7.04. The molecule has 0 amide bonds. The third-order valence-electron chi connectivity index (χ3n) is 2.82. The van der Waals surface area contributed by atoms with Crippen LogP contribution in [0.1, 0.15) is 11.1 Å². The molecule has 0 bridgehead atoms. The minimum absolute atomic E-state index is 0.0519. The molecular formula is C14H9BrClN3O2. The van der Waals surface area contributed by atoms with Crippen molar-refractivity contribution in [2.75, 3.05) is 5.32 Å². The second kappa shape index (κ2) is 6.57. The lowest BCUT2D eigenvalue weighted by Crippen LogP contribution is -2.02. The maximum absolute atomic E-state index is 10.7. The summed E-state index contributed by atoms with van der Waals surface area (Å²) in [6, 6.07) is 11.7. The van der Waals surface area contributed by atoms with Crippen LogP contribution in [0.25, 0.3) is 0 Å². The molecule has 2 aromatic carbocycles. The quantitative estimate of drug-likeness (QED) is 0.638. The number of rotatable bonds is 4. The molecule has 0 aliphatic carbocycles. The zero-order valence-corrected chi connectivity index (χ0v) is 13.0. The molecule has 5 nitrogen and oxygen atoms in total. The molecule has 0 aliphatic heterocycles. The van der Waals surface area contributed by atoms with Crippen LogP contribution >= 0.6 is 27.5 Å². The molecule has 7 heteroatoms. The SMILES string of the molecule is N#Cc1ccc(Br)cc1NCc1ccc([N+](=O)[O-])cc1Cl. The van der Waals surface area contributed by atoms with Crippen molar-refractivity contribution in [3.63, 3.8) is 0 Å². The number of nitro groups is 1. The Morgan fingerprint density at radius 1 is 1.33 bits per heavy atom. The van der Waals surface area contributed by atoms with Crippen LogP contribution in [0.5, 0.6) is 0 Å². The number of nitrogens with one attached hydrogen (secondary N) is 1. The van der Waals surface area contributed by atoms with Crippen molar-refractivity contribution < 1.29 is 4.92 Å². The molecule has 0 saturated carbocycles. The summed E-state index contributed by atoms with van der Waals surface area (Å²) in [7, 11) is 0. The molecule has 0 saturated heterocycles. The predicted molar refractivity (Wildman–Crippen MR) is 84.3 cm³/mol. The van der Waals surface area contributed by atoms with Gasteiger partial charge in [0.2, 0.25) is 0 Å². The van der Waals surface area contributed by atoms with Gasteiger partial charge in [0.25, 0.3) is 5.69 Å². The van der Waals surface area contributed by atoms with E-state index in [-0.39, 0.29) is 5.69 Å². The molecule has 0 radical (unpaired) electrons. The van der Waals surface area contributed by atoms with E-state index in [4.69, 9.17) is 16.9 Å². The van der Waals surface area contributed by atoms with Gasteiger partial charge in [-0.3, -0.25) is 10.1 Å². The molecule has 21 heavy (non-hydrogen) atoms. The molecule has 0 aromatic heterocycles. The fraction of sp³-hybridized carbons (Fsp3) is 0.0714. The summed E-state index contributed by atoms with van der Waals surface area (Å²) in [5.74, 6) is 0. The van der Waals surface area contributed by atoms with E-state index in [2.05, 4.69) is 27.3 Å². The van der Waals surface area contributed by atoms with Crippen LogP contribution in [0, 0.1) is 21.4 Å². The van der Waals surface area contributed by atoms with E-state index in [0.717, 1.165) is 4.47 Å². The fourth-order valence-electron chi connectivity index (χ4n) is 1.74. The van der Waals surface area contributed by atoms with E-state index in [1.54, 1.807) is 24.3 Å². The predicted octanol–water partition coefficient (Wildman–Crippen LogP) is 4.49. The first kappa shape index (κ1) is 15.3. The molecule has 2 rings (SSSR count). The summed E-state index contributed by atoms with van der Waals surface area (Å²) in [5.41, 5.74) is 1.84. The summed E-state index contributed by atoms with van der Waals surface area (Å²) in [5, 5.41) is 23.1. The highest BCUT2D eigenvalue weighted by Crippen LogP contribution is 2.25. The monoisotopic (exact) mass is 365 g/mol. The maximum Gasteiger partial charge on any atom is 0.270 e. The lowest BCUT2D eigenvalue weighted by Gasteiger charge is -2.10. The Bertz CT molecular complexity index is 743. The van der Waals surface area contributed by atoms with E-state index in [1.165, 1.54) is 12.1 Å². The van der Waals surface area contributed by atoms with Gasteiger partial charge in [0.15, 0.2) is 0 Å². The number of halogens is 2. The first-order chi connectivity index (χ1) is 10.0. The van der Waals surface area contributed by atoms with Crippen LogP contribution < -0.4 is 5.32 Å². The van der Waals surface area contributed by atoms with Crippen molar-refractivity contribution in [1.82, 2.24) is 0 Å². The second-order valence-electron chi connectivity index (χ2n) is 4.19. The van der Waals surface area contributed by atoms with Crippen LogP contribution in [0.3, 0.4) is 0 Å². The number of hydrogen-bond acceptors (Lipinski definition) is 4. The van der Waals surface area contributed by atoms with Gasteiger partial charge >= 0.3 is 0 Å². The molecule has 0 aliphatic rings. The van der Waals surface area contributed by atoms with Crippen LogP contribution in [-0.2, 0) is 6.54 Å². The minimum atomic E-state index is -0.495. The first-order valence-electron chi connectivity index (χ1n) is 5.87. The number of nitriles is 1. The lowest BCUT2D eigenvalue weighted by molar-refractivity contribution is -0.384. The Kier molecular flexibility index (Phi) is 4.78. The van der Waals surface area contributed by atoms with E-state index in [0.29, 0.717) is 28.4 Å². The van der Waals surface area contributed by atoms with Crippen molar-refractivity contribution in [2.45, 2.75) is 6.54 Å². The smallest absolute Gasteiger partial charge is 0.270 e. The van der Waals surface area contributed by atoms with E-state index in [9.17, 15) is 10.1 Å². The maximum atomic E-state index is 10.7. The topological polar surface area (TPSA) is 79.0 Å². The average Bonchev–Trinajstić information content (AvgIpc) is 2.46. The van der Waals surface area contributed by atoms with Gasteiger partial charge in [0.05, 0.1) is 21.2 Å². The summed E-state index contributed by atoms with van der Waals surface area (Å²) < 4.78 is 0.846. The third kappa shape index (κ3) is 3.72. The number of nitro benzene ring substituents is 1. The fourth-order valence-corrected chi connectivity index (χ4v) is 2.35. The van der Waals surface area contributed by atoms with Gasteiger partial charge in [-0.25, -0.2) is 0 Å². The lowest BCUT2D eigenvalue weighted by atomic mass is 10.1. The highest BCUT2D eigenvalue weighted by molar-refractivity contribution is 9.10.